The number of carbonyl (C=O) groups is 1. The van der Waals surface area contributed by atoms with Gasteiger partial charge in [0.2, 0.25) is 15.9 Å². The molecule has 0 aromatic heterocycles. The molecule has 1 aliphatic rings. The van der Waals surface area contributed by atoms with Gasteiger partial charge in [-0.1, -0.05) is 48.0 Å². The molecule has 0 aliphatic carbocycles. The van der Waals surface area contributed by atoms with Gasteiger partial charge in [0.25, 0.3) is 0 Å². The average molecular weight is 433 g/mol. The standard InChI is InChI=1S/C22H28N2O3S2/c1-18-7-9-19(10-8-18)17-28-16-13-23-22(25)20-11-14-24(15-12-20)29(26,27)21-5-3-2-4-6-21/h2-10,20H,11-17H2,1H3,(H,23,25). The fourth-order valence-electron chi connectivity index (χ4n) is 3.36. The summed E-state index contributed by atoms with van der Waals surface area (Å²) in [5, 5.41) is 3.01. The molecular formula is C22H28N2O3S2. The Kier molecular flexibility index (Phi) is 7.75. The number of carbonyl (C=O) groups excluding carboxylic acids is 1. The zero-order valence-electron chi connectivity index (χ0n) is 16.7. The number of amides is 1. The minimum Gasteiger partial charge on any atom is -0.355 e. The fourth-order valence-corrected chi connectivity index (χ4v) is 5.67. The molecule has 0 unspecified atom stereocenters. The van der Waals surface area contributed by atoms with Crippen LogP contribution in [0.15, 0.2) is 59.5 Å². The molecule has 3 rings (SSSR count). The third-order valence-corrected chi connectivity index (χ3v) is 8.08. The quantitative estimate of drug-likeness (QED) is 0.649. The van der Waals surface area contributed by atoms with E-state index >= 15 is 0 Å². The van der Waals surface area contributed by atoms with Gasteiger partial charge in [0.15, 0.2) is 0 Å². The summed E-state index contributed by atoms with van der Waals surface area (Å²) in [4.78, 5) is 12.7. The second-order valence-electron chi connectivity index (χ2n) is 7.32. The van der Waals surface area contributed by atoms with E-state index in [0.29, 0.717) is 37.4 Å². The molecule has 1 heterocycles. The van der Waals surface area contributed by atoms with Crippen molar-refractivity contribution in [2.24, 2.45) is 5.92 Å². The van der Waals surface area contributed by atoms with Crippen LogP contribution >= 0.6 is 11.8 Å². The van der Waals surface area contributed by atoms with Crippen molar-refractivity contribution in [3.8, 4) is 0 Å². The Balaban J connectivity index is 1.37. The second kappa shape index (κ2) is 10.3. The van der Waals surface area contributed by atoms with Gasteiger partial charge in [0, 0.05) is 37.1 Å². The first kappa shape index (κ1) is 21.9. The largest absolute Gasteiger partial charge is 0.355 e. The van der Waals surface area contributed by atoms with E-state index in [9.17, 15) is 13.2 Å². The molecule has 1 fully saturated rings. The van der Waals surface area contributed by atoms with Crippen LogP contribution in [0.3, 0.4) is 0 Å². The zero-order chi connectivity index (χ0) is 20.7. The number of thioether (sulfide) groups is 1. The Bertz CT molecular complexity index is 891. The van der Waals surface area contributed by atoms with Crippen LogP contribution in [0.25, 0.3) is 0 Å². The molecule has 2 aromatic carbocycles. The van der Waals surface area contributed by atoms with E-state index < -0.39 is 10.0 Å². The zero-order valence-corrected chi connectivity index (χ0v) is 18.3. The molecule has 0 saturated carbocycles. The average Bonchev–Trinajstić information content (AvgIpc) is 2.75. The summed E-state index contributed by atoms with van der Waals surface area (Å²) < 4.78 is 26.8. The molecule has 0 atom stereocenters. The summed E-state index contributed by atoms with van der Waals surface area (Å²) in [6.45, 7) is 3.49. The highest BCUT2D eigenvalue weighted by atomic mass is 32.2. The lowest BCUT2D eigenvalue weighted by Gasteiger charge is -2.30. The molecule has 29 heavy (non-hydrogen) atoms. The number of rotatable bonds is 8. The van der Waals surface area contributed by atoms with Crippen molar-refractivity contribution in [2.45, 2.75) is 30.4 Å². The van der Waals surface area contributed by atoms with Crippen LogP contribution in [0, 0.1) is 12.8 Å². The first-order valence-corrected chi connectivity index (χ1v) is 12.5. The SMILES string of the molecule is Cc1ccc(CSCCNC(=O)C2CCN(S(=O)(=O)c3ccccc3)CC2)cc1. The lowest BCUT2D eigenvalue weighted by molar-refractivity contribution is -0.125. The van der Waals surface area contributed by atoms with Crippen LogP contribution in [0.5, 0.6) is 0 Å². The minimum absolute atomic E-state index is 0.0395. The van der Waals surface area contributed by atoms with Crippen molar-refractivity contribution in [2.75, 3.05) is 25.4 Å². The van der Waals surface area contributed by atoms with Gasteiger partial charge in [-0.25, -0.2) is 8.42 Å². The van der Waals surface area contributed by atoms with Crippen LogP contribution in [-0.4, -0.2) is 44.0 Å². The maximum Gasteiger partial charge on any atom is 0.243 e. The van der Waals surface area contributed by atoms with Crippen molar-refractivity contribution >= 4 is 27.7 Å². The van der Waals surface area contributed by atoms with Gasteiger partial charge in [-0.2, -0.15) is 16.1 Å². The Morgan fingerprint density at radius 2 is 1.72 bits per heavy atom. The second-order valence-corrected chi connectivity index (χ2v) is 10.4. The van der Waals surface area contributed by atoms with Crippen LogP contribution in [0.2, 0.25) is 0 Å². The highest BCUT2D eigenvalue weighted by Crippen LogP contribution is 2.24. The number of sulfonamides is 1. The Labute approximate surface area is 177 Å². The molecule has 7 heteroatoms. The first-order chi connectivity index (χ1) is 14.0. The number of hydrogen-bond donors (Lipinski definition) is 1. The summed E-state index contributed by atoms with van der Waals surface area (Å²) in [7, 11) is -3.47. The minimum atomic E-state index is -3.47. The normalized spacial score (nSPS) is 15.9. The van der Waals surface area contributed by atoms with E-state index in [2.05, 4.69) is 36.5 Å². The van der Waals surface area contributed by atoms with Gasteiger partial charge in [-0.05, 0) is 37.5 Å². The lowest BCUT2D eigenvalue weighted by Crippen LogP contribution is -2.43. The third-order valence-electron chi connectivity index (χ3n) is 5.14. The smallest absolute Gasteiger partial charge is 0.243 e. The summed E-state index contributed by atoms with van der Waals surface area (Å²) in [5.74, 6) is 1.73. The van der Waals surface area contributed by atoms with Crippen molar-refractivity contribution in [3.63, 3.8) is 0 Å². The molecular weight excluding hydrogens is 404 g/mol. The summed E-state index contributed by atoms with van der Waals surface area (Å²) >= 11 is 1.80. The van der Waals surface area contributed by atoms with E-state index in [-0.39, 0.29) is 11.8 Å². The number of hydrogen-bond acceptors (Lipinski definition) is 4. The summed E-state index contributed by atoms with van der Waals surface area (Å²) in [6, 6.07) is 17.0. The predicted octanol–water partition coefficient (Wildman–Crippen LogP) is 3.45. The van der Waals surface area contributed by atoms with Crippen molar-refractivity contribution in [1.29, 1.82) is 0 Å². The molecule has 5 nitrogen and oxygen atoms in total. The first-order valence-electron chi connectivity index (χ1n) is 9.93. The van der Waals surface area contributed by atoms with E-state index in [1.807, 2.05) is 0 Å². The van der Waals surface area contributed by atoms with Crippen LogP contribution < -0.4 is 5.32 Å². The lowest BCUT2D eigenvalue weighted by atomic mass is 9.97. The van der Waals surface area contributed by atoms with Gasteiger partial charge < -0.3 is 5.32 Å². The highest BCUT2D eigenvalue weighted by Gasteiger charge is 2.31. The van der Waals surface area contributed by atoms with Gasteiger partial charge in [0.05, 0.1) is 4.90 Å². The molecule has 2 aromatic rings. The van der Waals surface area contributed by atoms with Gasteiger partial charge in [-0.15, -0.1) is 0 Å². The Morgan fingerprint density at radius 3 is 2.38 bits per heavy atom. The summed E-state index contributed by atoms with van der Waals surface area (Å²) in [5.41, 5.74) is 2.55. The van der Waals surface area contributed by atoms with Gasteiger partial charge in [-0.3, -0.25) is 4.79 Å². The van der Waals surface area contributed by atoms with Crippen LogP contribution in [0.1, 0.15) is 24.0 Å². The predicted molar refractivity (Wildman–Crippen MR) is 118 cm³/mol. The van der Waals surface area contributed by atoms with Crippen molar-refractivity contribution < 1.29 is 13.2 Å². The number of piperidine rings is 1. The summed E-state index contributed by atoms with van der Waals surface area (Å²) in [6.07, 6.45) is 1.13. The van der Waals surface area contributed by atoms with E-state index in [1.165, 1.54) is 15.4 Å². The molecule has 1 aliphatic heterocycles. The molecule has 0 bridgehead atoms. The van der Waals surface area contributed by atoms with Crippen LogP contribution in [0.4, 0.5) is 0 Å². The van der Waals surface area contributed by atoms with E-state index in [1.54, 1.807) is 42.1 Å². The number of nitrogens with one attached hydrogen (secondary N) is 1. The topological polar surface area (TPSA) is 66.5 Å². The Hall–Kier alpha value is -1.83. The van der Waals surface area contributed by atoms with Gasteiger partial charge >= 0.3 is 0 Å². The molecule has 1 saturated heterocycles. The fraction of sp³-hybridized carbons (Fsp3) is 0.409. The monoisotopic (exact) mass is 432 g/mol. The van der Waals surface area contributed by atoms with Crippen molar-refractivity contribution in [3.05, 3.63) is 65.7 Å². The maximum atomic E-state index is 12.7. The molecule has 1 amide bonds. The third kappa shape index (κ3) is 6.07. The molecule has 0 spiro atoms. The molecule has 0 radical (unpaired) electrons. The maximum absolute atomic E-state index is 12.7. The number of aryl methyl sites for hydroxylation is 1. The number of nitrogens with zero attached hydrogens (tertiary/aromatic N) is 1. The van der Waals surface area contributed by atoms with E-state index in [4.69, 9.17) is 0 Å². The molecule has 1 N–H and O–H groups in total. The van der Waals surface area contributed by atoms with E-state index in [0.717, 1.165) is 11.5 Å². The van der Waals surface area contributed by atoms with Crippen molar-refractivity contribution in [1.82, 2.24) is 9.62 Å². The van der Waals surface area contributed by atoms with Crippen LogP contribution in [-0.2, 0) is 20.6 Å². The molecule has 156 valence electrons. The highest BCUT2D eigenvalue weighted by molar-refractivity contribution is 7.98. The Morgan fingerprint density at radius 1 is 1.07 bits per heavy atom. The number of benzene rings is 2. The van der Waals surface area contributed by atoms with Gasteiger partial charge in [0.1, 0.15) is 0 Å².